The Hall–Kier alpha value is -2.90. The van der Waals surface area contributed by atoms with E-state index in [1.165, 1.54) is 12.1 Å². The predicted octanol–water partition coefficient (Wildman–Crippen LogP) is 5.55. The van der Waals surface area contributed by atoms with Gasteiger partial charge in [0.2, 0.25) is 6.23 Å². The number of hydrazone groups is 1. The number of thiophene rings is 1. The van der Waals surface area contributed by atoms with Gasteiger partial charge in [0.05, 0.1) is 21.6 Å². The first-order valence-electron chi connectivity index (χ1n) is 8.70. The molecule has 6 nitrogen and oxygen atoms in total. The molecular weight excluding hydrogens is 398 g/mol. The number of hydrogen-bond acceptors (Lipinski definition) is 6. The van der Waals surface area contributed by atoms with E-state index < -0.39 is 11.2 Å². The summed E-state index contributed by atoms with van der Waals surface area (Å²) < 4.78 is 6.25. The van der Waals surface area contributed by atoms with Crippen molar-refractivity contribution in [1.82, 2.24) is 5.01 Å². The summed E-state index contributed by atoms with van der Waals surface area (Å²) in [5, 5.41) is 20.5. The Balaban J connectivity index is 1.58. The van der Waals surface area contributed by atoms with Gasteiger partial charge in [-0.05, 0) is 41.8 Å². The number of halogens is 1. The summed E-state index contributed by atoms with van der Waals surface area (Å²) in [6.45, 7) is 0. The van der Waals surface area contributed by atoms with Crippen molar-refractivity contribution >= 4 is 34.3 Å². The lowest BCUT2D eigenvalue weighted by Gasteiger charge is -2.38. The normalized spacial score (nSPS) is 20.2. The van der Waals surface area contributed by atoms with Gasteiger partial charge in [0, 0.05) is 34.7 Å². The molecule has 0 saturated carbocycles. The molecule has 140 valence electrons. The molecule has 2 atom stereocenters. The zero-order valence-corrected chi connectivity index (χ0v) is 16.1. The number of ether oxygens (including phenoxy) is 1. The largest absolute Gasteiger partial charge is 0.464 e. The predicted molar refractivity (Wildman–Crippen MR) is 108 cm³/mol. The fourth-order valence-electron chi connectivity index (χ4n) is 3.63. The second-order valence-corrected chi connectivity index (χ2v) is 8.01. The van der Waals surface area contributed by atoms with Crippen molar-refractivity contribution in [1.29, 1.82) is 0 Å². The van der Waals surface area contributed by atoms with E-state index >= 15 is 0 Å². The van der Waals surface area contributed by atoms with E-state index in [9.17, 15) is 10.1 Å². The molecule has 3 heterocycles. The Kier molecular flexibility index (Phi) is 4.07. The fourth-order valence-corrected chi connectivity index (χ4v) is 4.53. The summed E-state index contributed by atoms with van der Waals surface area (Å²) in [5.74, 6) is 0.761. The van der Waals surface area contributed by atoms with Crippen LogP contribution in [0, 0.1) is 10.1 Å². The van der Waals surface area contributed by atoms with E-state index in [2.05, 4.69) is 6.07 Å². The van der Waals surface area contributed by atoms with E-state index in [1.54, 1.807) is 29.5 Å². The fraction of sp³-hybridized carbons (Fsp3) is 0.150. The molecule has 28 heavy (non-hydrogen) atoms. The highest BCUT2D eigenvalue weighted by Crippen LogP contribution is 2.48. The summed E-state index contributed by atoms with van der Waals surface area (Å²) in [6, 6.07) is 16.1. The Labute approximate surface area is 169 Å². The average molecular weight is 412 g/mol. The number of non-ortho nitro benzene ring substituents is 1. The standard InChI is InChI=1S/C20H14ClN3O3S/c21-13-5-8-18-15(10-13)17-11-16(19-2-1-9-28-19)22-23(17)20(27-18)12-3-6-14(7-4-12)24(25)26/h1-10,17,20H,11H2/t17-,20-/m1/s1. The summed E-state index contributed by atoms with van der Waals surface area (Å²) in [6.07, 6.45) is 0.290. The summed E-state index contributed by atoms with van der Waals surface area (Å²) in [7, 11) is 0. The first-order valence-corrected chi connectivity index (χ1v) is 9.96. The topological polar surface area (TPSA) is 68.0 Å². The van der Waals surface area contributed by atoms with E-state index in [4.69, 9.17) is 21.4 Å². The van der Waals surface area contributed by atoms with Crippen LogP contribution in [-0.4, -0.2) is 15.6 Å². The molecule has 5 rings (SSSR count). The van der Waals surface area contributed by atoms with Crippen LogP contribution in [0.1, 0.15) is 34.7 Å². The Morgan fingerprint density at radius 2 is 2.04 bits per heavy atom. The molecule has 0 aliphatic carbocycles. The third-order valence-electron chi connectivity index (χ3n) is 4.95. The number of nitro groups is 1. The molecule has 0 spiro atoms. The van der Waals surface area contributed by atoms with Crippen molar-refractivity contribution in [3.8, 4) is 5.75 Å². The maximum absolute atomic E-state index is 11.0. The molecule has 0 radical (unpaired) electrons. The molecular formula is C20H14ClN3O3S. The number of nitro benzene ring substituents is 1. The van der Waals surface area contributed by atoms with Crippen molar-refractivity contribution in [2.45, 2.75) is 18.7 Å². The van der Waals surface area contributed by atoms with E-state index in [0.717, 1.165) is 33.9 Å². The molecule has 0 amide bonds. The summed E-state index contributed by atoms with van der Waals surface area (Å²) in [4.78, 5) is 11.7. The van der Waals surface area contributed by atoms with Gasteiger partial charge in [-0.1, -0.05) is 17.7 Å². The molecule has 0 fully saturated rings. The van der Waals surface area contributed by atoms with Gasteiger partial charge in [-0.25, -0.2) is 5.01 Å². The zero-order valence-electron chi connectivity index (χ0n) is 14.5. The SMILES string of the molecule is O=[N+]([O-])c1ccc([C@H]2Oc3ccc(Cl)cc3[C@H]3CC(c4cccs4)=NN32)cc1. The smallest absolute Gasteiger partial charge is 0.269 e. The lowest BCUT2D eigenvalue weighted by molar-refractivity contribution is -0.384. The van der Waals surface area contributed by atoms with Crippen molar-refractivity contribution in [2.24, 2.45) is 5.10 Å². The molecule has 2 aromatic carbocycles. The quantitative estimate of drug-likeness (QED) is 0.418. The van der Waals surface area contributed by atoms with Crippen molar-refractivity contribution in [3.63, 3.8) is 0 Å². The first kappa shape index (κ1) is 17.2. The molecule has 0 N–H and O–H groups in total. The van der Waals surface area contributed by atoms with Crippen LogP contribution in [0.5, 0.6) is 5.75 Å². The molecule has 3 aromatic rings. The zero-order chi connectivity index (χ0) is 19.3. The molecule has 2 aliphatic rings. The minimum Gasteiger partial charge on any atom is -0.464 e. The van der Waals surface area contributed by atoms with Crippen molar-refractivity contribution < 1.29 is 9.66 Å². The van der Waals surface area contributed by atoms with Crippen LogP contribution in [-0.2, 0) is 0 Å². The molecule has 8 heteroatoms. The van der Waals surface area contributed by atoms with Crippen molar-refractivity contribution in [2.75, 3.05) is 0 Å². The minimum absolute atomic E-state index is 0.000239. The van der Waals surface area contributed by atoms with Crippen LogP contribution < -0.4 is 4.74 Å². The van der Waals surface area contributed by atoms with Gasteiger partial charge in [0.25, 0.3) is 5.69 Å². The number of rotatable bonds is 3. The maximum Gasteiger partial charge on any atom is 0.269 e. The van der Waals surface area contributed by atoms with Crippen LogP contribution in [0.4, 0.5) is 5.69 Å². The van der Waals surface area contributed by atoms with Gasteiger partial charge >= 0.3 is 0 Å². The van der Waals surface area contributed by atoms with Crippen LogP contribution in [0.15, 0.2) is 65.1 Å². The number of nitrogens with zero attached hydrogens (tertiary/aromatic N) is 3. The number of hydrogen-bond donors (Lipinski definition) is 0. The third-order valence-corrected chi connectivity index (χ3v) is 6.10. The van der Waals surface area contributed by atoms with E-state index in [0.29, 0.717) is 5.02 Å². The minimum atomic E-state index is -0.461. The Morgan fingerprint density at radius 1 is 1.21 bits per heavy atom. The third kappa shape index (κ3) is 2.83. The van der Waals surface area contributed by atoms with Crippen LogP contribution in [0.25, 0.3) is 0 Å². The molecule has 0 unspecified atom stereocenters. The Morgan fingerprint density at radius 3 is 2.75 bits per heavy atom. The molecule has 1 aromatic heterocycles. The van der Waals surface area contributed by atoms with Crippen molar-refractivity contribution in [3.05, 3.63) is 91.1 Å². The molecule has 0 bridgehead atoms. The van der Waals surface area contributed by atoms with Gasteiger partial charge in [-0.15, -0.1) is 11.3 Å². The van der Waals surface area contributed by atoms with Crippen LogP contribution >= 0.6 is 22.9 Å². The summed E-state index contributed by atoms with van der Waals surface area (Å²) in [5.41, 5.74) is 2.86. The van der Waals surface area contributed by atoms with E-state index in [1.807, 2.05) is 28.6 Å². The second-order valence-electron chi connectivity index (χ2n) is 6.62. The number of fused-ring (bicyclic) bond motifs is 3. The molecule has 2 aliphatic heterocycles. The van der Waals surface area contributed by atoms with Crippen LogP contribution in [0.3, 0.4) is 0 Å². The lowest BCUT2D eigenvalue weighted by Crippen LogP contribution is -2.33. The van der Waals surface area contributed by atoms with Gasteiger partial charge in [0.15, 0.2) is 0 Å². The van der Waals surface area contributed by atoms with Gasteiger partial charge in [0.1, 0.15) is 5.75 Å². The van der Waals surface area contributed by atoms with Gasteiger partial charge in [-0.2, -0.15) is 5.10 Å². The maximum atomic E-state index is 11.0. The average Bonchev–Trinajstić information content (AvgIpc) is 3.37. The lowest BCUT2D eigenvalue weighted by atomic mass is 9.97. The highest BCUT2D eigenvalue weighted by Gasteiger charge is 2.41. The number of benzene rings is 2. The summed E-state index contributed by atoms with van der Waals surface area (Å²) >= 11 is 7.88. The van der Waals surface area contributed by atoms with Gasteiger partial charge < -0.3 is 4.74 Å². The Bertz CT molecular complexity index is 1080. The molecule has 0 saturated heterocycles. The highest BCUT2D eigenvalue weighted by molar-refractivity contribution is 7.12. The van der Waals surface area contributed by atoms with Crippen LogP contribution in [0.2, 0.25) is 5.02 Å². The highest BCUT2D eigenvalue weighted by atomic mass is 35.5. The first-order chi connectivity index (χ1) is 13.6. The monoisotopic (exact) mass is 411 g/mol. The van der Waals surface area contributed by atoms with E-state index in [-0.39, 0.29) is 11.7 Å². The second kappa shape index (κ2) is 6.61. The van der Waals surface area contributed by atoms with Gasteiger partial charge in [-0.3, -0.25) is 10.1 Å².